The minimum atomic E-state index is -0.0858. The van der Waals surface area contributed by atoms with Crippen molar-refractivity contribution in [3.05, 3.63) is 93.9 Å². The number of hydrogen-bond acceptors (Lipinski definition) is 4. The normalized spacial score (nSPS) is 15.3. The van der Waals surface area contributed by atoms with Crippen molar-refractivity contribution >= 4 is 11.5 Å². The van der Waals surface area contributed by atoms with Crippen LogP contribution in [0.4, 0.5) is 0 Å². The van der Waals surface area contributed by atoms with E-state index in [-0.39, 0.29) is 12.0 Å². The molecule has 0 unspecified atom stereocenters. The highest BCUT2D eigenvalue weighted by Crippen LogP contribution is 2.39. The molecule has 1 saturated carbocycles. The van der Waals surface area contributed by atoms with Crippen LogP contribution in [0.15, 0.2) is 54.6 Å². The van der Waals surface area contributed by atoms with E-state index >= 15 is 0 Å². The molecule has 0 spiro atoms. The predicted molar refractivity (Wildman–Crippen MR) is 130 cm³/mol. The van der Waals surface area contributed by atoms with Gasteiger partial charge in [0.1, 0.15) is 11.9 Å². The average molecular weight is 440 g/mol. The minimum absolute atomic E-state index is 0.0858. The zero-order valence-corrected chi connectivity index (χ0v) is 19.2. The summed E-state index contributed by atoms with van der Waals surface area (Å²) in [5.41, 5.74) is 7.39. The molecular formula is C28H29N3O2. The van der Waals surface area contributed by atoms with Crippen molar-refractivity contribution in [2.24, 2.45) is 0 Å². The summed E-state index contributed by atoms with van der Waals surface area (Å²) in [5, 5.41) is 2.66. The van der Waals surface area contributed by atoms with Gasteiger partial charge in [-0.3, -0.25) is 4.79 Å². The highest BCUT2D eigenvalue weighted by atomic mass is 16.5. The van der Waals surface area contributed by atoms with Gasteiger partial charge in [0.05, 0.1) is 11.3 Å². The van der Waals surface area contributed by atoms with Crippen LogP contribution in [0.2, 0.25) is 0 Å². The van der Waals surface area contributed by atoms with Crippen LogP contribution >= 0.6 is 0 Å². The van der Waals surface area contributed by atoms with Crippen LogP contribution in [0.5, 0.6) is 5.88 Å². The fourth-order valence-electron chi connectivity index (χ4n) is 4.76. The van der Waals surface area contributed by atoms with Gasteiger partial charge >= 0.3 is 0 Å². The third-order valence-corrected chi connectivity index (χ3v) is 6.48. The highest BCUT2D eigenvalue weighted by molar-refractivity contribution is 5.94. The molecule has 1 heterocycles. The summed E-state index contributed by atoms with van der Waals surface area (Å²) in [4.78, 5) is 21.7. The number of allylic oxidation sites excluding steroid dienone is 1. The lowest BCUT2D eigenvalue weighted by atomic mass is 10.00. The van der Waals surface area contributed by atoms with E-state index < -0.39 is 0 Å². The van der Waals surface area contributed by atoms with Crippen molar-refractivity contribution in [1.82, 2.24) is 15.3 Å². The number of aryl methyl sites for hydroxylation is 1. The number of carbonyl (C=O) groups is 1. The Hall–Kier alpha value is -3.47. The standard InChI is InChI=1S/C28H29N3O2/c1-18-6-5-7-21(16-18)23-14-15-24-26(23)28(33-22-8-3-4-9-22)31-25(30-24)17-19-10-12-20(13-11-19)27(32)29-2/h5-7,10-14,16,22H,3-4,8-9,15,17H2,1-2H3,(H,29,32). The van der Waals surface area contributed by atoms with Gasteiger partial charge in [0.2, 0.25) is 5.88 Å². The van der Waals surface area contributed by atoms with Crippen LogP contribution in [-0.4, -0.2) is 29.0 Å². The Morgan fingerprint density at radius 1 is 1.09 bits per heavy atom. The number of fused-ring (bicyclic) bond motifs is 1. The smallest absolute Gasteiger partial charge is 0.251 e. The molecule has 33 heavy (non-hydrogen) atoms. The van der Waals surface area contributed by atoms with Gasteiger partial charge in [-0.05, 0) is 61.4 Å². The van der Waals surface area contributed by atoms with Gasteiger partial charge in [0.15, 0.2) is 0 Å². The number of nitrogens with one attached hydrogen (secondary N) is 1. The summed E-state index contributed by atoms with van der Waals surface area (Å²) in [6.45, 7) is 2.12. The third kappa shape index (κ3) is 4.54. The molecule has 0 atom stereocenters. The van der Waals surface area contributed by atoms with Crippen LogP contribution in [0.1, 0.15) is 69.8 Å². The van der Waals surface area contributed by atoms with Crippen molar-refractivity contribution < 1.29 is 9.53 Å². The first-order valence-corrected chi connectivity index (χ1v) is 11.8. The lowest BCUT2D eigenvalue weighted by molar-refractivity contribution is 0.0963. The topological polar surface area (TPSA) is 64.1 Å². The third-order valence-electron chi connectivity index (χ3n) is 6.48. The largest absolute Gasteiger partial charge is 0.474 e. The second kappa shape index (κ2) is 9.18. The maximum atomic E-state index is 11.8. The number of rotatable bonds is 6. The zero-order valence-electron chi connectivity index (χ0n) is 19.2. The summed E-state index contributed by atoms with van der Waals surface area (Å²) in [5.74, 6) is 1.39. The Balaban J connectivity index is 1.48. The van der Waals surface area contributed by atoms with Gasteiger partial charge in [-0.25, -0.2) is 4.98 Å². The monoisotopic (exact) mass is 439 g/mol. The van der Waals surface area contributed by atoms with Crippen LogP contribution in [0, 0.1) is 6.92 Å². The van der Waals surface area contributed by atoms with Gasteiger partial charge in [-0.1, -0.05) is 48.0 Å². The lowest BCUT2D eigenvalue weighted by Crippen LogP contribution is -2.17. The van der Waals surface area contributed by atoms with E-state index in [2.05, 4.69) is 42.6 Å². The summed E-state index contributed by atoms with van der Waals surface area (Å²) in [6.07, 6.45) is 8.44. The summed E-state index contributed by atoms with van der Waals surface area (Å²) in [7, 11) is 1.64. The Morgan fingerprint density at radius 3 is 2.61 bits per heavy atom. The molecule has 1 N–H and O–H groups in total. The maximum absolute atomic E-state index is 11.8. The molecule has 1 fully saturated rings. The van der Waals surface area contributed by atoms with E-state index in [4.69, 9.17) is 14.7 Å². The van der Waals surface area contributed by atoms with Crippen LogP contribution in [-0.2, 0) is 12.8 Å². The molecular weight excluding hydrogens is 410 g/mol. The van der Waals surface area contributed by atoms with Gasteiger partial charge in [0.25, 0.3) is 5.91 Å². The van der Waals surface area contributed by atoms with E-state index in [1.54, 1.807) is 7.05 Å². The molecule has 5 rings (SSSR count). The van der Waals surface area contributed by atoms with Crippen molar-refractivity contribution in [2.45, 2.75) is 51.6 Å². The molecule has 3 aromatic rings. The predicted octanol–water partition coefficient (Wildman–Crippen LogP) is 5.04. The molecule has 0 radical (unpaired) electrons. The van der Waals surface area contributed by atoms with Crippen LogP contribution in [0.25, 0.3) is 5.57 Å². The Morgan fingerprint density at radius 2 is 1.88 bits per heavy atom. The van der Waals surface area contributed by atoms with E-state index in [0.29, 0.717) is 17.9 Å². The van der Waals surface area contributed by atoms with Gasteiger partial charge in [-0.15, -0.1) is 0 Å². The Labute approximate surface area is 194 Å². The molecule has 2 aliphatic rings. The maximum Gasteiger partial charge on any atom is 0.251 e. The van der Waals surface area contributed by atoms with E-state index in [0.717, 1.165) is 41.9 Å². The number of amides is 1. The quantitative estimate of drug-likeness (QED) is 0.584. The number of nitrogens with zero attached hydrogens (tertiary/aromatic N) is 2. The fraction of sp³-hybridized carbons (Fsp3) is 0.321. The van der Waals surface area contributed by atoms with E-state index in [1.165, 1.54) is 29.5 Å². The number of benzene rings is 2. The summed E-state index contributed by atoms with van der Waals surface area (Å²) in [6, 6.07) is 16.2. The van der Waals surface area contributed by atoms with Gasteiger partial charge < -0.3 is 10.1 Å². The number of ether oxygens (including phenoxy) is 1. The van der Waals surface area contributed by atoms with E-state index in [1.807, 2.05) is 24.3 Å². The second-order valence-corrected chi connectivity index (χ2v) is 8.94. The number of aromatic nitrogens is 2. The van der Waals surface area contributed by atoms with Crippen molar-refractivity contribution in [3.8, 4) is 5.88 Å². The van der Waals surface area contributed by atoms with Crippen LogP contribution < -0.4 is 10.1 Å². The first-order chi connectivity index (χ1) is 16.1. The molecule has 0 bridgehead atoms. The lowest BCUT2D eigenvalue weighted by Gasteiger charge is -2.18. The van der Waals surface area contributed by atoms with Gasteiger partial charge in [-0.2, -0.15) is 4.98 Å². The molecule has 5 nitrogen and oxygen atoms in total. The SMILES string of the molecule is CNC(=O)c1ccc(Cc2nc3c(c(OC4CCCC4)n2)C(c2cccc(C)c2)=CC3)cc1. The van der Waals surface area contributed by atoms with Crippen molar-refractivity contribution in [1.29, 1.82) is 0 Å². The Bertz CT molecular complexity index is 1210. The molecule has 2 aliphatic carbocycles. The van der Waals surface area contributed by atoms with E-state index in [9.17, 15) is 4.79 Å². The fourth-order valence-corrected chi connectivity index (χ4v) is 4.76. The summed E-state index contributed by atoms with van der Waals surface area (Å²) >= 11 is 0. The average Bonchev–Trinajstić information content (AvgIpc) is 3.49. The first-order valence-electron chi connectivity index (χ1n) is 11.8. The van der Waals surface area contributed by atoms with Gasteiger partial charge in [0, 0.05) is 25.5 Å². The molecule has 2 aromatic carbocycles. The molecule has 1 aromatic heterocycles. The van der Waals surface area contributed by atoms with Crippen LogP contribution in [0.3, 0.4) is 0 Å². The molecule has 1 amide bonds. The zero-order chi connectivity index (χ0) is 22.8. The first kappa shape index (κ1) is 21.4. The molecule has 168 valence electrons. The van der Waals surface area contributed by atoms with Crippen molar-refractivity contribution in [2.75, 3.05) is 7.05 Å². The Kier molecular flexibility index (Phi) is 5.95. The molecule has 5 heteroatoms. The number of carbonyl (C=O) groups excluding carboxylic acids is 1. The molecule has 0 aliphatic heterocycles. The highest BCUT2D eigenvalue weighted by Gasteiger charge is 2.27. The minimum Gasteiger partial charge on any atom is -0.474 e. The second-order valence-electron chi connectivity index (χ2n) is 8.94. The van der Waals surface area contributed by atoms with Crippen molar-refractivity contribution in [3.63, 3.8) is 0 Å². The number of hydrogen-bond donors (Lipinski definition) is 1. The molecule has 0 saturated heterocycles. The summed E-state index contributed by atoms with van der Waals surface area (Å²) < 4.78 is 6.50.